The van der Waals surface area contributed by atoms with Crippen molar-refractivity contribution in [3.8, 4) is 0 Å². The minimum Gasteiger partial charge on any atom is -0.363 e. The van der Waals surface area contributed by atoms with E-state index < -0.39 is 5.72 Å². The van der Waals surface area contributed by atoms with E-state index in [0.29, 0.717) is 11.1 Å². The summed E-state index contributed by atoms with van der Waals surface area (Å²) in [6, 6.07) is 18.1. The summed E-state index contributed by atoms with van der Waals surface area (Å²) in [5.41, 5.74) is -0.230. The first-order valence-electron chi connectivity index (χ1n) is 5.75. The van der Waals surface area contributed by atoms with Crippen molar-refractivity contribution >= 4 is 5.91 Å². The monoisotopic (exact) mass is 241 g/mol. The van der Waals surface area contributed by atoms with Crippen molar-refractivity contribution in [1.29, 1.82) is 0 Å². The zero-order valence-electron chi connectivity index (χ0n) is 10.1. The van der Waals surface area contributed by atoms with Gasteiger partial charge in [0.25, 0.3) is 0 Å². The van der Waals surface area contributed by atoms with Crippen LogP contribution in [0.1, 0.15) is 18.1 Å². The molecule has 2 aromatic carbocycles. The SMILES string of the molecule is CC(=O)NC(O)(c1ccccc1)c1ccccc1. The normalized spacial score (nSPS) is 11.0. The fourth-order valence-electron chi connectivity index (χ4n) is 1.92. The first-order chi connectivity index (χ1) is 8.63. The highest BCUT2D eigenvalue weighted by atomic mass is 16.3. The highest BCUT2D eigenvalue weighted by Gasteiger charge is 2.31. The third-order valence-electron chi connectivity index (χ3n) is 2.74. The number of amides is 1. The lowest BCUT2D eigenvalue weighted by atomic mass is 9.94. The molecular formula is C15H15NO2. The molecule has 0 spiro atoms. The molecule has 0 saturated heterocycles. The van der Waals surface area contributed by atoms with Gasteiger partial charge in [-0.3, -0.25) is 4.79 Å². The summed E-state index contributed by atoms with van der Waals surface area (Å²) >= 11 is 0. The van der Waals surface area contributed by atoms with Crippen LogP contribution in [-0.2, 0) is 10.5 Å². The van der Waals surface area contributed by atoms with Crippen LogP contribution in [0.4, 0.5) is 0 Å². The summed E-state index contributed by atoms with van der Waals surface area (Å²) in [6.07, 6.45) is 0. The van der Waals surface area contributed by atoms with Crippen LogP contribution in [0.2, 0.25) is 0 Å². The van der Waals surface area contributed by atoms with Gasteiger partial charge >= 0.3 is 0 Å². The standard InChI is InChI=1S/C15H15NO2/c1-12(17)16-15(18,13-8-4-2-5-9-13)14-10-6-3-7-11-14/h2-11,18H,1H3,(H,16,17). The zero-order valence-corrected chi connectivity index (χ0v) is 10.1. The summed E-state index contributed by atoms with van der Waals surface area (Å²) in [6.45, 7) is 1.39. The third-order valence-corrected chi connectivity index (χ3v) is 2.74. The van der Waals surface area contributed by atoms with Crippen molar-refractivity contribution in [2.24, 2.45) is 0 Å². The lowest BCUT2D eigenvalue weighted by Gasteiger charge is -2.29. The van der Waals surface area contributed by atoms with E-state index in [9.17, 15) is 9.90 Å². The molecule has 92 valence electrons. The van der Waals surface area contributed by atoms with Crippen LogP contribution in [0.5, 0.6) is 0 Å². The van der Waals surface area contributed by atoms with E-state index in [1.54, 1.807) is 24.3 Å². The molecule has 3 heteroatoms. The van der Waals surface area contributed by atoms with Gasteiger partial charge in [0.2, 0.25) is 5.91 Å². The minimum atomic E-state index is -1.49. The van der Waals surface area contributed by atoms with Gasteiger partial charge in [0, 0.05) is 18.1 Å². The molecule has 0 saturated carbocycles. The average Bonchev–Trinajstić information content (AvgIpc) is 2.40. The van der Waals surface area contributed by atoms with Crippen LogP contribution in [0.3, 0.4) is 0 Å². The van der Waals surface area contributed by atoms with Crippen molar-refractivity contribution in [2.45, 2.75) is 12.6 Å². The van der Waals surface area contributed by atoms with Gasteiger partial charge in [-0.05, 0) is 0 Å². The number of carbonyl (C=O) groups excluding carboxylic acids is 1. The molecule has 0 bridgehead atoms. The molecule has 0 aromatic heterocycles. The molecule has 3 nitrogen and oxygen atoms in total. The highest BCUT2D eigenvalue weighted by Crippen LogP contribution is 2.26. The lowest BCUT2D eigenvalue weighted by molar-refractivity contribution is -0.125. The van der Waals surface area contributed by atoms with Crippen molar-refractivity contribution in [2.75, 3.05) is 0 Å². The smallest absolute Gasteiger partial charge is 0.219 e. The van der Waals surface area contributed by atoms with Gasteiger partial charge in [-0.1, -0.05) is 60.7 Å². The van der Waals surface area contributed by atoms with Crippen LogP contribution in [0.15, 0.2) is 60.7 Å². The molecule has 1 amide bonds. The van der Waals surface area contributed by atoms with Crippen molar-refractivity contribution in [3.05, 3.63) is 71.8 Å². The van der Waals surface area contributed by atoms with Crippen LogP contribution in [0, 0.1) is 0 Å². The average molecular weight is 241 g/mol. The number of aliphatic hydroxyl groups is 1. The highest BCUT2D eigenvalue weighted by molar-refractivity contribution is 5.74. The summed E-state index contributed by atoms with van der Waals surface area (Å²) in [5, 5.41) is 13.4. The predicted molar refractivity (Wildman–Crippen MR) is 69.7 cm³/mol. The molecule has 0 heterocycles. The number of hydrogen-bond acceptors (Lipinski definition) is 2. The number of benzene rings is 2. The molecule has 0 atom stereocenters. The quantitative estimate of drug-likeness (QED) is 0.808. The maximum absolute atomic E-state index is 11.3. The second-order valence-electron chi connectivity index (χ2n) is 4.12. The van der Waals surface area contributed by atoms with Crippen LogP contribution < -0.4 is 5.32 Å². The Kier molecular flexibility index (Phi) is 3.44. The molecule has 18 heavy (non-hydrogen) atoms. The van der Waals surface area contributed by atoms with E-state index in [-0.39, 0.29) is 5.91 Å². The Hall–Kier alpha value is -2.13. The number of carbonyl (C=O) groups is 1. The van der Waals surface area contributed by atoms with E-state index in [4.69, 9.17) is 0 Å². The first-order valence-corrected chi connectivity index (χ1v) is 5.75. The van der Waals surface area contributed by atoms with E-state index in [1.807, 2.05) is 36.4 Å². The van der Waals surface area contributed by atoms with Gasteiger partial charge in [0.15, 0.2) is 5.72 Å². The fourth-order valence-corrected chi connectivity index (χ4v) is 1.92. The molecule has 0 unspecified atom stereocenters. The summed E-state index contributed by atoms with van der Waals surface area (Å²) < 4.78 is 0. The Bertz CT molecular complexity index is 483. The molecular weight excluding hydrogens is 226 g/mol. The second kappa shape index (κ2) is 5.02. The molecule has 0 aliphatic carbocycles. The molecule has 2 N–H and O–H groups in total. The van der Waals surface area contributed by atoms with Gasteiger partial charge in [-0.2, -0.15) is 0 Å². The molecule has 0 radical (unpaired) electrons. The molecule has 2 aromatic rings. The Labute approximate surface area is 106 Å². The molecule has 2 rings (SSSR count). The third kappa shape index (κ3) is 2.41. The first kappa shape index (κ1) is 12.3. The van der Waals surface area contributed by atoms with Crippen LogP contribution in [0.25, 0.3) is 0 Å². The topological polar surface area (TPSA) is 49.3 Å². The maximum atomic E-state index is 11.3. The fraction of sp³-hybridized carbons (Fsp3) is 0.133. The predicted octanol–water partition coefficient (Wildman–Crippen LogP) is 2.02. The van der Waals surface area contributed by atoms with Crippen LogP contribution in [-0.4, -0.2) is 11.0 Å². The number of nitrogens with one attached hydrogen (secondary N) is 1. The Morgan fingerprint density at radius 2 is 1.33 bits per heavy atom. The maximum Gasteiger partial charge on any atom is 0.219 e. The number of hydrogen-bond donors (Lipinski definition) is 2. The van der Waals surface area contributed by atoms with Gasteiger partial charge < -0.3 is 10.4 Å². The van der Waals surface area contributed by atoms with Gasteiger partial charge in [-0.25, -0.2) is 0 Å². The molecule has 0 fully saturated rings. The van der Waals surface area contributed by atoms with Gasteiger partial charge in [-0.15, -0.1) is 0 Å². The lowest BCUT2D eigenvalue weighted by Crippen LogP contribution is -2.45. The minimum absolute atomic E-state index is 0.287. The van der Waals surface area contributed by atoms with Gasteiger partial charge in [0.05, 0.1) is 0 Å². The largest absolute Gasteiger partial charge is 0.363 e. The van der Waals surface area contributed by atoms with Crippen molar-refractivity contribution in [3.63, 3.8) is 0 Å². The van der Waals surface area contributed by atoms with Crippen molar-refractivity contribution in [1.82, 2.24) is 5.32 Å². The Morgan fingerprint density at radius 3 is 1.67 bits per heavy atom. The van der Waals surface area contributed by atoms with Gasteiger partial charge in [0.1, 0.15) is 0 Å². The zero-order chi connectivity index (χ0) is 13.0. The Morgan fingerprint density at radius 1 is 0.944 bits per heavy atom. The number of rotatable bonds is 3. The van der Waals surface area contributed by atoms with Crippen LogP contribution >= 0.6 is 0 Å². The summed E-state index contributed by atoms with van der Waals surface area (Å²) in [7, 11) is 0. The van der Waals surface area contributed by atoms with E-state index in [1.165, 1.54) is 6.92 Å². The van der Waals surface area contributed by atoms with Crippen molar-refractivity contribution < 1.29 is 9.90 Å². The summed E-state index contributed by atoms with van der Waals surface area (Å²) in [5.74, 6) is -0.287. The Balaban J connectivity index is 2.51. The van der Waals surface area contributed by atoms with E-state index in [2.05, 4.69) is 5.32 Å². The summed E-state index contributed by atoms with van der Waals surface area (Å²) in [4.78, 5) is 11.3. The van der Waals surface area contributed by atoms with E-state index in [0.717, 1.165) is 0 Å². The van der Waals surface area contributed by atoms with E-state index >= 15 is 0 Å². The molecule has 0 aliphatic rings. The molecule has 0 aliphatic heterocycles. The second-order valence-corrected chi connectivity index (χ2v) is 4.12.